The molecule has 0 aliphatic rings. The van der Waals surface area contributed by atoms with Gasteiger partial charge in [-0.05, 0) is 52.7 Å². The van der Waals surface area contributed by atoms with Crippen molar-refractivity contribution in [2.24, 2.45) is 0 Å². The number of nitrogen functional groups attached to an aromatic ring is 1. The summed E-state index contributed by atoms with van der Waals surface area (Å²) in [4.78, 5) is 1.31. The zero-order chi connectivity index (χ0) is 11.5. The van der Waals surface area contributed by atoms with Crippen molar-refractivity contribution in [3.8, 4) is 0 Å². The van der Waals surface area contributed by atoms with E-state index in [0.717, 1.165) is 22.4 Å². The van der Waals surface area contributed by atoms with E-state index >= 15 is 0 Å². The highest BCUT2D eigenvalue weighted by molar-refractivity contribution is 9.10. The molecule has 0 bridgehead atoms. The standard InChI is InChI=1S/C12H13BrN2S/c1-8-4-10(14)2-3-12(8)15-6-11-5-9(13)7-16-11/h2-5,7,15H,6,14H2,1H3. The van der Waals surface area contributed by atoms with Crippen LogP contribution in [0.2, 0.25) is 0 Å². The van der Waals surface area contributed by atoms with Crippen molar-refractivity contribution in [2.75, 3.05) is 11.1 Å². The van der Waals surface area contributed by atoms with Gasteiger partial charge in [0.05, 0.1) is 0 Å². The van der Waals surface area contributed by atoms with Gasteiger partial charge in [0, 0.05) is 32.6 Å². The quantitative estimate of drug-likeness (QED) is 0.840. The Balaban J connectivity index is 2.04. The molecule has 1 heterocycles. The van der Waals surface area contributed by atoms with E-state index in [1.165, 1.54) is 10.4 Å². The van der Waals surface area contributed by atoms with Gasteiger partial charge in [-0.2, -0.15) is 0 Å². The third-order valence-electron chi connectivity index (χ3n) is 2.33. The Hall–Kier alpha value is -1.000. The first kappa shape index (κ1) is 11.5. The SMILES string of the molecule is Cc1cc(N)ccc1NCc1cc(Br)cs1. The molecule has 0 unspecified atom stereocenters. The van der Waals surface area contributed by atoms with E-state index in [-0.39, 0.29) is 0 Å². The van der Waals surface area contributed by atoms with Crippen molar-refractivity contribution in [2.45, 2.75) is 13.5 Å². The maximum Gasteiger partial charge on any atom is 0.0494 e. The van der Waals surface area contributed by atoms with E-state index in [9.17, 15) is 0 Å². The molecule has 4 heteroatoms. The minimum absolute atomic E-state index is 0.807. The Bertz CT molecular complexity index is 494. The van der Waals surface area contributed by atoms with Gasteiger partial charge in [-0.1, -0.05) is 0 Å². The van der Waals surface area contributed by atoms with Crippen molar-refractivity contribution < 1.29 is 0 Å². The topological polar surface area (TPSA) is 38.0 Å². The molecule has 0 saturated heterocycles. The molecule has 0 radical (unpaired) electrons. The zero-order valence-corrected chi connectivity index (χ0v) is 11.4. The van der Waals surface area contributed by atoms with Gasteiger partial charge in [0.25, 0.3) is 0 Å². The summed E-state index contributed by atoms with van der Waals surface area (Å²) in [5, 5.41) is 5.49. The molecule has 1 aromatic heterocycles. The summed E-state index contributed by atoms with van der Waals surface area (Å²) in [6.45, 7) is 2.91. The van der Waals surface area contributed by atoms with E-state index in [2.05, 4.69) is 39.6 Å². The fourth-order valence-electron chi connectivity index (χ4n) is 1.51. The average molecular weight is 297 g/mol. The second-order valence-corrected chi connectivity index (χ2v) is 5.57. The zero-order valence-electron chi connectivity index (χ0n) is 8.96. The number of hydrogen-bond donors (Lipinski definition) is 2. The number of nitrogens with one attached hydrogen (secondary N) is 1. The summed E-state index contributed by atoms with van der Waals surface area (Å²) in [5.41, 5.74) is 8.83. The van der Waals surface area contributed by atoms with Gasteiger partial charge in [-0.3, -0.25) is 0 Å². The fraction of sp³-hybridized carbons (Fsp3) is 0.167. The first-order valence-corrected chi connectivity index (χ1v) is 6.65. The van der Waals surface area contributed by atoms with E-state index in [1.54, 1.807) is 11.3 Å². The summed E-state index contributed by atoms with van der Waals surface area (Å²) < 4.78 is 1.14. The average Bonchev–Trinajstić information content (AvgIpc) is 2.63. The molecule has 84 valence electrons. The smallest absolute Gasteiger partial charge is 0.0494 e. The summed E-state index contributed by atoms with van der Waals surface area (Å²) in [6, 6.07) is 8.05. The van der Waals surface area contributed by atoms with Gasteiger partial charge in [-0.15, -0.1) is 11.3 Å². The molecule has 0 fully saturated rings. The fourth-order valence-corrected chi connectivity index (χ4v) is 2.90. The third kappa shape index (κ3) is 2.77. The van der Waals surface area contributed by atoms with Crippen LogP contribution in [0.25, 0.3) is 0 Å². The monoisotopic (exact) mass is 296 g/mol. The van der Waals surface area contributed by atoms with Crippen LogP contribution in [-0.2, 0) is 6.54 Å². The largest absolute Gasteiger partial charge is 0.399 e. The maximum absolute atomic E-state index is 5.71. The number of rotatable bonds is 3. The van der Waals surface area contributed by atoms with Crippen molar-refractivity contribution in [1.82, 2.24) is 0 Å². The van der Waals surface area contributed by atoms with E-state index in [0.29, 0.717) is 0 Å². The minimum Gasteiger partial charge on any atom is -0.399 e. The summed E-state index contributed by atoms with van der Waals surface area (Å²) >= 11 is 5.19. The van der Waals surface area contributed by atoms with Crippen molar-refractivity contribution >= 4 is 38.6 Å². The van der Waals surface area contributed by atoms with Crippen LogP contribution in [-0.4, -0.2) is 0 Å². The van der Waals surface area contributed by atoms with Gasteiger partial charge in [0.2, 0.25) is 0 Å². The second kappa shape index (κ2) is 4.89. The lowest BCUT2D eigenvalue weighted by atomic mass is 10.2. The molecule has 3 N–H and O–H groups in total. The molecule has 2 aromatic rings. The molecule has 2 nitrogen and oxygen atoms in total. The highest BCUT2D eigenvalue weighted by Crippen LogP contribution is 2.22. The Morgan fingerprint density at radius 3 is 2.81 bits per heavy atom. The van der Waals surface area contributed by atoms with Crippen LogP contribution in [0.3, 0.4) is 0 Å². The number of benzene rings is 1. The Morgan fingerprint density at radius 2 is 2.19 bits per heavy atom. The number of hydrogen-bond acceptors (Lipinski definition) is 3. The Morgan fingerprint density at radius 1 is 1.38 bits per heavy atom. The highest BCUT2D eigenvalue weighted by atomic mass is 79.9. The lowest BCUT2D eigenvalue weighted by Gasteiger charge is -2.08. The van der Waals surface area contributed by atoms with Crippen LogP contribution in [0.1, 0.15) is 10.4 Å². The number of anilines is 2. The van der Waals surface area contributed by atoms with Crippen LogP contribution in [0.5, 0.6) is 0 Å². The molecule has 1 aromatic carbocycles. The van der Waals surface area contributed by atoms with Crippen LogP contribution in [0, 0.1) is 6.92 Å². The molecular formula is C12H13BrN2S. The molecule has 0 spiro atoms. The molecule has 0 atom stereocenters. The van der Waals surface area contributed by atoms with E-state index < -0.39 is 0 Å². The van der Waals surface area contributed by atoms with Crippen molar-refractivity contribution in [3.05, 3.63) is 44.6 Å². The molecule has 0 amide bonds. The van der Waals surface area contributed by atoms with Crippen LogP contribution >= 0.6 is 27.3 Å². The minimum atomic E-state index is 0.807. The molecule has 0 saturated carbocycles. The van der Waals surface area contributed by atoms with E-state index in [4.69, 9.17) is 5.73 Å². The van der Waals surface area contributed by atoms with Gasteiger partial charge in [0.15, 0.2) is 0 Å². The maximum atomic E-state index is 5.71. The van der Waals surface area contributed by atoms with Crippen LogP contribution < -0.4 is 11.1 Å². The van der Waals surface area contributed by atoms with Gasteiger partial charge >= 0.3 is 0 Å². The van der Waals surface area contributed by atoms with Gasteiger partial charge in [-0.25, -0.2) is 0 Å². The summed E-state index contributed by atoms with van der Waals surface area (Å²) in [5.74, 6) is 0. The predicted octanol–water partition coefficient (Wildman–Crippen LogP) is 4.01. The first-order chi connectivity index (χ1) is 7.65. The molecular weight excluding hydrogens is 284 g/mol. The lowest BCUT2D eigenvalue weighted by Crippen LogP contribution is -1.99. The first-order valence-electron chi connectivity index (χ1n) is 4.98. The third-order valence-corrected chi connectivity index (χ3v) is 4.02. The normalized spacial score (nSPS) is 10.4. The number of nitrogens with two attached hydrogens (primary N) is 1. The molecule has 0 aliphatic carbocycles. The molecule has 16 heavy (non-hydrogen) atoms. The van der Waals surface area contributed by atoms with Crippen LogP contribution in [0.4, 0.5) is 11.4 Å². The van der Waals surface area contributed by atoms with Crippen molar-refractivity contribution in [1.29, 1.82) is 0 Å². The van der Waals surface area contributed by atoms with Gasteiger partial charge < -0.3 is 11.1 Å². The number of thiophene rings is 1. The lowest BCUT2D eigenvalue weighted by molar-refractivity contribution is 1.18. The number of halogens is 1. The predicted molar refractivity (Wildman–Crippen MR) is 74.9 cm³/mol. The molecule has 0 aliphatic heterocycles. The second-order valence-electron chi connectivity index (χ2n) is 3.66. The highest BCUT2D eigenvalue weighted by Gasteiger charge is 2.00. The van der Waals surface area contributed by atoms with E-state index in [1.807, 2.05) is 18.2 Å². The Labute approximate surface area is 108 Å². The summed E-state index contributed by atoms with van der Waals surface area (Å²) in [7, 11) is 0. The summed E-state index contributed by atoms with van der Waals surface area (Å²) in [6.07, 6.45) is 0. The molecule has 2 rings (SSSR count). The van der Waals surface area contributed by atoms with Crippen molar-refractivity contribution in [3.63, 3.8) is 0 Å². The Kier molecular flexibility index (Phi) is 3.51. The van der Waals surface area contributed by atoms with Crippen LogP contribution in [0.15, 0.2) is 34.1 Å². The number of aryl methyl sites for hydroxylation is 1. The van der Waals surface area contributed by atoms with Gasteiger partial charge in [0.1, 0.15) is 0 Å².